The number of pyridine rings is 1. The molecule has 2 aromatic heterocycles. The predicted octanol–water partition coefficient (Wildman–Crippen LogP) is 1.33. The smallest absolute Gasteiger partial charge is 0.267 e. The molecule has 3 aromatic rings. The molecule has 0 saturated heterocycles. The Morgan fingerprint density at radius 2 is 2.04 bits per heavy atom. The lowest BCUT2D eigenvalue weighted by Gasteiger charge is -2.11. The Labute approximate surface area is 137 Å². The summed E-state index contributed by atoms with van der Waals surface area (Å²) in [6, 6.07) is 11.7. The number of nitrogens with one attached hydrogen (secondary N) is 3. The number of aliphatic hydroxyl groups is 1. The quantitative estimate of drug-likeness (QED) is 0.567. The fraction of sp³-hybridized carbons (Fsp3) is 0.176. The molecule has 0 spiro atoms. The zero-order chi connectivity index (χ0) is 17.1. The van der Waals surface area contributed by atoms with Crippen molar-refractivity contribution in [3.63, 3.8) is 0 Å². The third-order valence-electron chi connectivity index (χ3n) is 3.69. The maximum Gasteiger partial charge on any atom is 0.267 e. The first-order valence-electron chi connectivity index (χ1n) is 7.39. The Morgan fingerprint density at radius 1 is 1.25 bits per heavy atom. The number of carbonyl (C=O) groups excluding carboxylic acids is 1. The van der Waals surface area contributed by atoms with Crippen LogP contribution in [0.2, 0.25) is 0 Å². The topological polar surface area (TPSA) is 107 Å². The number of benzene rings is 1. The van der Waals surface area contributed by atoms with Crippen molar-refractivity contribution >= 4 is 16.8 Å². The first-order valence-corrected chi connectivity index (χ1v) is 7.39. The summed E-state index contributed by atoms with van der Waals surface area (Å²) in [6.07, 6.45) is -0.998. The summed E-state index contributed by atoms with van der Waals surface area (Å²) in [7, 11) is 1.57. The van der Waals surface area contributed by atoms with Gasteiger partial charge in [-0.05, 0) is 24.3 Å². The van der Waals surface area contributed by atoms with Gasteiger partial charge in [0, 0.05) is 29.2 Å². The van der Waals surface area contributed by atoms with Gasteiger partial charge in [-0.2, -0.15) is 0 Å². The molecule has 124 valence electrons. The predicted molar refractivity (Wildman–Crippen MR) is 89.2 cm³/mol. The van der Waals surface area contributed by atoms with Gasteiger partial charge in [-0.25, -0.2) is 0 Å². The Balaban J connectivity index is 1.72. The van der Waals surface area contributed by atoms with E-state index in [4.69, 9.17) is 4.74 Å². The van der Waals surface area contributed by atoms with Crippen molar-refractivity contribution < 1.29 is 14.6 Å². The summed E-state index contributed by atoms with van der Waals surface area (Å²) >= 11 is 0. The molecule has 24 heavy (non-hydrogen) atoms. The lowest BCUT2D eigenvalue weighted by atomic mass is 10.2. The van der Waals surface area contributed by atoms with Crippen LogP contribution in [0.1, 0.15) is 22.3 Å². The highest BCUT2D eigenvalue weighted by atomic mass is 16.5. The minimum Gasteiger partial charge on any atom is -0.496 e. The van der Waals surface area contributed by atoms with E-state index in [1.807, 2.05) is 18.2 Å². The van der Waals surface area contributed by atoms with Gasteiger partial charge in [-0.15, -0.1) is 0 Å². The lowest BCUT2D eigenvalue weighted by Crippen LogP contribution is -2.29. The molecule has 0 saturated carbocycles. The van der Waals surface area contributed by atoms with E-state index in [1.165, 1.54) is 6.07 Å². The van der Waals surface area contributed by atoms with Crippen molar-refractivity contribution in [3.8, 4) is 5.75 Å². The minimum absolute atomic E-state index is 0.0225. The fourth-order valence-corrected chi connectivity index (χ4v) is 2.48. The molecule has 7 heteroatoms. The van der Waals surface area contributed by atoms with Crippen LogP contribution in [0.3, 0.4) is 0 Å². The molecule has 2 heterocycles. The number of aromatic amines is 2. The van der Waals surface area contributed by atoms with Crippen LogP contribution in [0.15, 0.2) is 47.3 Å². The summed E-state index contributed by atoms with van der Waals surface area (Å²) in [5.74, 6) is 0.315. The van der Waals surface area contributed by atoms with E-state index < -0.39 is 6.10 Å². The third kappa shape index (κ3) is 3.16. The van der Waals surface area contributed by atoms with Gasteiger partial charge in [0.05, 0.1) is 7.11 Å². The summed E-state index contributed by atoms with van der Waals surface area (Å²) in [5.41, 5.74) is 1.19. The third-order valence-corrected chi connectivity index (χ3v) is 3.69. The number of hydrogen-bond acceptors (Lipinski definition) is 4. The van der Waals surface area contributed by atoms with Crippen molar-refractivity contribution in [1.82, 2.24) is 15.3 Å². The molecule has 1 unspecified atom stereocenters. The first kappa shape index (κ1) is 15.8. The Hall–Kier alpha value is -3.06. The average molecular weight is 327 g/mol. The molecule has 1 aromatic carbocycles. The van der Waals surface area contributed by atoms with Crippen LogP contribution in [0.5, 0.6) is 5.75 Å². The van der Waals surface area contributed by atoms with Gasteiger partial charge in [0.2, 0.25) is 5.56 Å². The Morgan fingerprint density at radius 3 is 2.79 bits per heavy atom. The van der Waals surface area contributed by atoms with Crippen LogP contribution < -0.4 is 15.6 Å². The minimum atomic E-state index is -0.998. The second-order valence-corrected chi connectivity index (χ2v) is 5.30. The first-order chi connectivity index (χ1) is 11.6. The molecular formula is C17H17N3O4. The standard InChI is InChI=1S/C17H17N3O4/c1-24-15-6-2-4-11-10(15)8-13(19-11)17(23)18-9-14(21)12-5-3-7-16(22)20-12/h2-8,14,19,21H,9H2,1H3,(H,18,23)(H,20,22). The second kappa shape index (κ2) is 6.59. The lowest BCUT2D eigenvalue weighted by molar-refractivity contribution is 0.0910. The maximum atomic E-state index is 12.3. The fourth-order valence-electron chi connectivity index (χ4n) is 2.48. The van der Waals surface area contributed by atoms with E-state index in [0.717, 1.165) is 10.9 Å². The zero-order valence-electron chi connectivity index (χ0n) is 13.0. The molecule has 0 aliphatic heterocycles. The highest BCUT2D eigenvalue weighted by Crippen LogP contribution is 2.25. The Kier molecular flexibility index (Phi) is 4.35. The number of carbonyl (C=O) groups is 1. The molecule has 7 nitrogen and oxygen atoms in total. The van der Waals surface area contributed by atoms with E-state index in [2.05, 4.69) is 15.3 Å². The summed E-state index contributed by atoms with van der Waals surface area (Å²) in [6.45, 7) is -0.0225. The van der Waals surface area contributed by atoms with Crippen molar-refractivity contribution in [2.45, 2.75) is 6.10 Å². The molecular weight excluding hydrogens is 310 g/mol. The summed E-state index contributed by atoms with van der Waals surface area (Å²) in [4.78, 5) is 29.0. The number of aliphatic hydroxyl groups excluding tert-OH is 1. The van der Waals surface area contributed by atoms with Gasteiger partial charge < -0.3 is 25.1 Å². The normalized spacial score (nSPS) is 12.1. The number of hydrogen-bond donors (Lipinski definition) is 4. The van der Waals surface area contributed by atoms with E-state index >= 15 is 0 Å². The van der Waals surface area contributed by atoms with Crippen LogP contribution in [-0.4, -0.2) is 34.6 Å². The number of methoxy groups -OCH3 is 1. The molecule has 0 radical (unpaired) electrons. The van der Waals surface area contributed by atoms with Gasteiger partial charge in [-0.1, -0.05) is 12.1 Å². The average Bonchev–Trinajstić information content (AvgIpc) is 3.03. The van der Waals surface area contributed by atoms with Crippen molar-refractivity contribution in [2.75, 3.05) is 13.7 Å². The molecule has 3 rings (SSSR count). The number of fused-ring (bicyclic) bond motifs is 1. The monoisotopic (exact) mass is 327 g/mol. The molecule has 1 amide bonds. The van der Waals surface area contributed by atoms with Gasteiger partial charge >= 0.3 is 0 Å². The number of aromatic nitrogens is 2. The van der Waals surface area contributed by atoms with Crippen LogP contribution in [-0.2, 0) is 0 Å². The van der Waals surface area contributed by atoms with Crippen LogP contribution in [0.25, 0.3) is 10.9 Å². The van der Waals surface area contributed by atoms with Crippen molar-refractivity contribution in [3.05, 3.63) is 64.2 Å². The number of rotatable bonds is 5. The summed E-state index contributed by atoms with van der Waals surface area (Å²) in [5, 5.41) is 13.5. The van der Waals surface area contributed by atoms with Gasteiger partial charge in [0.1, 0.15) is 17.5 Å². The van der Waals surface area contributed by atoms with Crippen molar-refractivity contribution in [1.29, 1.82) is 0 Å². The van der Waals surface area contributed by atoms with Gasteiger partial charge in [-0.3, -0.25) is 9.59 Å². The van der Waals surface area contributed by atoms with E-state index in [1.54, 1.807) is 25.3 Å². The number of amides is 1. The molecule has 0 aliphatic rings. The van der Waals surface area contributed by atoms with E-state index in [9.17, 15) is 14.7 Å². The van der Waals surface area contributed by atoms with E-state index in [-0.39, 0.29) is 18.0 Å². The highest BCUT2D eigenvalue weighted by Gasteiger charge is 2.14. The maximum absolute atomic E-state index is 12.3. The Bertz CT molecular complexity index is 929. The highest BCUT2D eigenvalue weighted by molar-refractivity contribution is 5.99. The number of H-pyrrole nitrogens is 2. The SMILES string of the molecule is COc1cccc2[nH]c(C(=O)NCC(O)c3cccc(=O)[nH]3)cc12. The summed E-state index contributed by atoms with van der Waals surface area (Å²) < 4.78 is 5.26. The van der Waals surface area contributed by atoms with Crippen molar-refractivity contribution in [2.24, 2.45) is 0 Å². The second-order valence-electron chi connectivity index (χ2n) is 5.30. The molecule has 1 atom stereocenters. The van der Waals surface area contributed by atoms with E-state index in [0.29, 0.717) is 17.1 Å². The van der Waals surface area contributed by atoms with Gasteiger partial charge in [0.25, 0.3) is 5.91 Å². The zero-order valence-corrected chi connectivity index (χ0v) is 13.0. The number of ether oxygens (including phenoxy) is 1. The van der Waals surface area contributed by atoms with Crippen LogP contribution in [0.4, 0.5) is 0 Å². The molecule has 0 bridgehead atoms. The van der Waals surface area contributed by atoms with Crippen LogP contribution >= 0.6 is 0 Å². The van der Waals surface area contributed by atoms with Crippen LogP contribution in [0, 0.1) is 0 Å². The largest absolute Gasteiger partial charge is 0.496 e. The molecule has 0 fully saturated rings. The molecule has 4 N–H and O–H groups in total. The molecule has 0 aliphatic carbocycles. The van der Waals surface area contributed by atoms with Gasteiger partial charge in [0.15, 0.2) is 0 Å².